The minimum Gasteiger partial charge on any atom is -0.486 e. The lowest BCUT2D eigenvalue weighted by Crippen LogP contribution is -2.53. The average Bonchev–Trinajstić information content (AvgIpc) is 3.19. The predicted molar refractivity (Wildman–Crippen MR) is 133 cm³/mol. The largest absolute Gasteiger partial charge is 0.486 e. The van der Waals surface area contributed by atoms with E-state index in [0.717, 1.165) is 11.1 Å². The van der Waals surface area contributed by atoms with Crippen molar-refractivity contribution in [2.75, 3.05) is 56.2 Å². The summed E-state index contributed by atoms with van der Waals surface area (Å²) in [5.41, 5.74) is 2.88. The number of aryl methyl sites for hydroxylation is 1. The van der Waals surface area contributed by atoms with E-state index in [9.17, 15) is 13.6 Å². The number of nitrogens with one attached hydrogen (secondary N) is 1. The summed E-state index contributed by atoms with van der Waals surface area (Å²) in [4.78, 5) is 21.3. The zero-order valence-electron chi connectivity index (χ0n) is 20.7. The number of alkyl halides is 2. The highest BCUT2D eigenvalue weighted by molar-refractivity contribution is 5.92. The van der Waals surface area contributed by atoms with E-state index in [1.807, 2.05) is 31.0 Å². The first kappa shape index (κ1) is 23.8. The Bertz CT molecular complexity index is 1360. The lowest BCUT2D eigenvalue weighted by Gasteiger charge is -2.39. The molecule has 1 atom stereocenters. The summed E-state index contributed by atoms with van der Waals surface area (Å²) < 4.78 is 38.9. The first-order valence-electron chi connectivity index (χ1n) is 12.5. The van der Waals surface area contributed by atoms with Crippen molar-refractivity contribution in [3.8, 4) is 5.75 Å². The van der Waals surface area contributed by atoms with Gasteiger partial charge in [-0.3, -0.25) is 9.78 Å². The molecule has 9 nitrogen and oxygen atoms in total. The Balaban J connectivity index is 1.24. The Hall–Kier alpha value is -3.60. The standard InChI is InChI=1S/C26H28F2N6O3/c1-15(19-4-3-5-21-23(19)37-14-26(21,27)28)30-24-20-10-18(11-29-22(20)16(2)31-32-24)33-6-8-34(9-7-33)25(35)17-12-36-13-17/h3-5,10-11,15,17H,6-9,12-14H2,1-2H3,(H,30,32)/t15-/m1/s1. The molecule has 0 radical (unpaired) electrons. The number of ether oxygens (including phenoxy) is 2. The first-order chi connectivity index (χ1) is 17.8. The maximum Gasteiger partial charge on any atom is 0.310 e. The maximum atomic E-state index is 14.2. The second-order valence-electron chi connectivity index (χ2n) is 9.85. The molecular formula is C26H28F2N6O3. The van der Waals surface area contributed by atoms with Crippen LogP contribution in [-0.2, 0) is 15.5 Å². The normalized spacial score (nSPS) is 19.8. The van der Waals surface area contributed by atoms with E-state index < -0.39 is 12.5 Å². The third-order valence-corrected chi connectivity index (χ3v) is 7.37. The van der Waals surface area contributed by atoms with Gasteiger partial charge >= 0.3 is 5.92 Å². The van der Waals surface area contributed by atoms with Gasteiger partial charge in [0.05, 0.1) is 53.8 Å². The van der Waals surface area contributed by atoms with Crippen molar-refractivity contribution in [1.82, 2.24) is 20.1 Å². The van der Waals surface area contributed by atoms with Gasteiger partial charge in [-0.1, -0.05) is 12.1 Å². The molecule has 3 aliphatic rings. The van der Waals surface area contributed by atoms with E-state index in [1.54, 1.807) is 12.1 Å². The summed E-state index contributed by atoms with van der Waals surface area (Å²) in [5, 5.41) is 12.8. The number of pyridine rings is 1. The fourth-order valence-corrected chi connectivity index (χ4v) is 5.12. The van der Waals surface area contributed by atoms with Crippen LogP contribution in [0.5, 0.6) is 5.75 Å². The number of carbonyl (C=O) groups is 1. The summed E-state index contributed by atoms with van der Waals surface area (Å²) in [6, 6.07) is 6.47. The summed E-state index contributed by atoms with van der Waals surface area (Å²) in [6.07, 6.45) is 1.82. The number of fused-ring (bicyclic) bond motifs is 2. The fraction of sp³-hybridized carbons (Fsp3) is 0.462. The third kappa shape index (κ3) is 4.20. The van der Waals surface area contributed by atoms with Gasteiger partial charge in [0.25, 0.3) is 0 Å². The van der Waals surface area contributed by atoms with Crippen LogP contribution in [0.2, 0.25) is 0 Å². The van der Waals surface area contributed by atoms with Crippen LogP contribution in [0.1, 0.15) is 29.8 Å². The monoisotopic (exact) mass is 510 g/mol. The number of anilines is 2. The molecule has 194 valence electrons. The van der Waals surface area contributed by atoms with E-state index in [1.165, 1.54) is 6.07 Å². The highest BCUT2D eigenvalue weighted by atomic mass is 19.3. The second-order valence-corrected chi connectivity index (χ2v) is 9.85. The molecular weight excluding hydrogens is 482 g/mol. The Morgan fingerprint density at radius 3 is 2.70 bits per heavy atom. The molecule has 3 aromatic rings. The van der Waals surface area contributed by atoms with Crippen molar-refractivity contribution in [2.45, 2.75) is 25.8 Å². The number of para-hydroxylation sites is 1. The number of amides is 1. The van der Waals surface area contributed by atoms with Gasteiger partial charge in [0, 0.05) is 37.1 Å². The number of benzene rings is 1. The van der Waals surface area contributed by atoms with Gasteiger partial charge in [0.1, 0.15) is 5.75 Å². The number of hydrogen-bond acceptors (Lipinski definition) is 8. The van der Waals surface area contributed by atoms with Crippen LogP contribution in [-0.4, -0.2) is 72.0 Å². The summed E-state index contributed by atoms with van der Waals surface area (Å²) in [6.45, 7) is 6.80. The predicted octanol–water partition coefficient (Wildman–Crippen LogP) is 3.29. The average molecular weight is 511 g/mol. The summed E-state index contributed by atoms with van der Waals surface area (Å²) in [7, 11) is 0. The van der Waals surface area contributed by atoms with E-state index in [2.05, 4.69) is 25.4 Å². The molecule has 0 aliphatic carbocycles. The second kappa shape index (κ2) is 9.05. The summed E-state index contributed by atoms with van der Waals surface area (Å²) in [5.74, 6) is -2.10. The van der Waals surface area contributed by atoms with Gasteiger partial charge in [-0.2, -0.15) is 13.9 Å². The Morgan fingerprint density at radius 2 is 1.97 bits per heavy atom. The molecule has 1 aromatic carbocycles. The number of rotatable bonds is 5. The van der Waals surface area contributed by atoms with Crippen molar-refractivity contribution in [2.24, 2.45) is 5.92 Å². The van der Waals surface area contributed by atoms with Crippen LogP contribution in [0.25, 0.3) is 10.9 Å². The highest BCUT2D eigenvalue weighted by Crippen LogP contribution is 2.45. The van der Waals surface area contributed by atoms with Crippen LogP contribution in [0.3, 0.4) is 0 Å². The molecule has 0 bridgehead atoms. The SMILES string of the molecule is Cc1nnc(N[C@H](C)c2cccc3c2OCC3(F)F)c2cc(N3CCN(C(=O)C4COC4)CC3)cnc12. The molecule has 2 fully saturated rings. The molecule has 2 saturated heterocycles. The van der Waals surface area contributed by atoms with Gasteiger partial charge in [0.15, 0.2) is 12.4 Å². The molecule has 0 saturated carbocycles. The Labute approximate surface area is 212 Å². The van der Waals surface area contributed by atoms with Crippen LogP contribution in [0.4, 0.5) is 20.3 Å². The number of carbonyl (C=O) groups excluding carboxylic acids is 1. The van der Waals surface area contributed by atoms with Crippen molar-refractivity contribution in [3.63, 3.8) is 0 Å². The minimum absolute atomic E-state index is 0.00599. The molecule has 5 heterocycles. The molecule has 0 spiro atoms. The molecule has 3 aliphatic heterocycles. The molecule has 1 N–H and O–H groups in total. The van der Waals surface area contributed by atoms with Gasteiger partial charge in [0.2, 0.25) is 5.91 Å². The molecule has 1 amide bonds. The van der Waals surface area contributed by atoms with Gasteiger partial charge in [-0.15, -0.1) is 5.10 Å². The van der Waals surface area contributed by atoms with Crippen molar-refractivity contribution >= 4 is 28.3 Å². The van der Waals surface area contributed by atoms with Crippen LogP contribution >= 0.6 is 0 Å². The number of nitrogens with zero attached hydrogens (tertiary/aromatic N) is 5. The van der Waals surface area contributed by atoms with Gasteiger partial charge in [-0.05, 0) is 26.0 Å². The Kier molecular flexibility index (Phi) is 5.82. The first-order valence-corrected chi connectivity index (χ1v) is 12.5. The quantitative estimate of drug-likeness (QED) is 0.559. The van der Waals surface area contributed by atoms with Crippen LogP contribution in [0, 0.1) is 12.8 Å². The lowest BCUT2D eigenvalue weighted by molar-refractivity contribution is -0.150. The molecule has 11 heteroatoms. The molecule has 2 aromatic heterocycles. The number of aromatic nitrogens is 3. The van der Waals surface area contributed by atoms with E-state index in [4.69, 9.17) is 9.47 Å². The van der Waals surface area contributed by atoms with E-state index in [-0.39, 0.29) is 29.2 Å². The minimum atomic E-state index is -3.00. The maximum absolute atomic E-state index is 14.2. The topological polar surface area (TPSA) is 92.7 Å². The van der Waals surface area contributed by atoms with E-state index >= 15 is 0 Å². The molecule has 0 unspecified atom stereocenters. The van der Waals surface area contributed by atoms with Crippen molar-refractivity contribution < 1.29 is 23.0 Å². The van der Waals surface area contributed by atoms with Crippen LogP contribution in [0.15, 0.2) is 30.5 Å². The lowest BCUT2D eigenvalue weighted by atomic mass is 10.0. The summed E-state index contributed by atoms with van der Waals surface area (Å²) >= 11 is 0. The fourth-order valence-electron chi connectivity index (χ4n) is 5.12. The zero-order chi connectivity index (χ0) is 25.7. The molecule has 37 heavy (non-hydrogen) atoms. The van der Waals surface area contributed by atoms with Crippen molar-refractivity contribution in [1.29, 1.82) is 0 Å². The molecule has 6 rings (SSSR count). The van der Waals surface area contributed by atoms with Gasteiger partial charge in [-0.25, -0.2) is 0 Å². The number of hydrogen-bond donors (Lipinski definition) is 1. The third-order valence-electron chi connectivity index (χ3n) is 7.37. The zero-order valence-corrected chi connectivity index (χ0v) is 20.7. The smallest absolute Gasteiger partial charge is 0.310 e. The van der Waals surface area contributed by atoms with Crippen LogP contribution < -0.4 is 15.0 Å². The Morgan fingerprint density at radius 1 is 1.19 bits per heavy atom. The number of piperazine rings is 1. The van der Waals surface area contributed by atoms with Crippen molar-refractivity contribution in [3.05, 3.63) is 47.3 Å². The van der Waals surface area contributed by atoms with Gasteiger partial charge < -0.3 is 24.6 Å². The highest BCUT2D eigenvalue weighted by Gasteiger charge is 2.43. The number of halogens is 2. The van der Waals surface area contributed by atoms with E-state index in [0.29, 0.717) is 62.0 Å².